The molecule has 0 amide bonds. The average Bonchev–Trinajstić information content (AvgIpc) is 1.69. The van der Waals surface area contributed by atoms with Crippen LogP contribution in [0.1, 0.15) is 5.56 Å². The Bertz CT molecular complexity index is 139. The van der Waals surface area contributed by atoms with Gasteiger partial charge in [-0.05, 0) is 0 Å². The third-order valence-electron chi connectivity index (χ3n) is 0.843. The van der Waals surface area contributed by atoms with Crippen molar-refractivity contribution >= 4 is 0 Å². The Hall–Kier alpha value is -0.431. The van der Waals surface area contributed by atoms with Crippen LogP contribution in [-0.4, -0.2) is 5.48 Å². The molecule has 2 heteroatoms. The first-order valence-corrected chi connectivity index (χ1v) is 2.26. The van der Waals surface area contributed by atoms with E-state index in [1.807, 2.05) is 30.3 Å². The molecule has 0 heterocycles. The van der Waals surface area contributed by atoms with Gasteiger partial charge in [-0.25, -0.2) is 0 Å². The molecule has 1 rings (SSSR count). The number of rotatable bonds is 0. The van der Waals surface area contributed by atoms with Crippen LogP contribution in [0.25, 0.3) is 0 Å². The zero-order chi connectivity index (χ0) is 5.11. The quantitative estimate of drug-likeness (QED) is 0.406. The second-order valence-corrected chi connectivity index (χ2v) is 1.49. The van der Waals surface area contributed by atoms with Crippen LogP contribution in [0, 0.1) is 6.92 Å². The minimum atomic E-state index is 0. The van der Waals surface area contributed by atoms with E-state index in [-0.39, 0.29) is 22.5 Å². The fourth-order valence-electron chi connectivity index (χ4n) is 0.478. The molecule has 0 unspecified atom stereocenters. The van der Waals surface area contributed by atoms with Gasteiger partial charge < -0.3 is 5.48 Å². The van der Waals surface area contributed by atoms with Gasteiger partial charge in [0.15, 0.2) is 0 Å². The zero-order valence-electron chi connectivity index (χ0n) is 4.95. The molecule has 0 saturated carbocycles. The summed E-state index contributed by atoms with van der Waals surface area (Å²) in [4.78, 5) is 0. The maximum absolute atomic E-state index is 3.72. The SMILES string of the molecule is O.[CH2-]c1ccccc1.[Fe]. The smallest absolute Gasteiger partial charge is 0 e. The van der Waals surface area contributed by atoms with Crippen molar-refractivity contribution in [3.05, 3.63) is 42.8 Å². The predicted molar refractivity (Wildman–Crippen MR) is 34.5 cm³/mol. The minimum Gasteiger partial charge on any atom is -0.412 e. The maximum Gasteiger partial charge on any atom is 0 e. The maximum atomic E-state index is 3.72. The third kappa shape index (κ3) is 4.10. The van der Waals surface area contributed by atoms with Crippen LogP contribution < -0.4 is 0 Å². The molecule has 0 atom stereocenters. The first-order valence-electron chi connectivity index (χ1n) is 2.26. The third-order valence-corrected chi connectivity index (χ3v) is 0.843. The monoisotopic (exact) mass is 165 g/mol. The first-order chi connectivity index (χ1) is 3.39. The van der Waals surface area contributed by atoms with Crippen molar-refractivity contribution in [1.82, 2.24) is 0 Å². The molecule has 9 heavy (non-hydrogen) atoms. The summed E-state index contributed by atoms with van der Waals surface area (Å²) in [5.74, 6) is 0. The van der Waals surface area contributed by atoms with Crippen LogP contribution in [-0.2, 0) is 17.1 Å². The van der Waals surface area contributed by atoms with Crippen LogP contribution in [0.4, 0.5) is 0 Å². The van der Waals surface area contributed by atoms with Crippen LogP contribution in [0.2, 0.25) is 0 Å². The Morgan fingerprint density at radius 2 is 1.44 bits per heavy atom. The minimum absolute atomic E-state index is 0. The van der Waals surface area contributed by atoms with Gasteiger partial charge in [0.25, 0.3) is 0 Å². The van der Waals surface area contributed by atoms with E-state index in [9.17, 15) is 0 Å². The number of hydrogen-bond acceptors (Lipinski definition) is 0. The van der Waals surface area contributed by atoms with Gasteiger partial charge in [-0.3, -0.25) is 0 Å². The zero-order valence-corrected chi connectivity index (χ0v) is 6.05. The Kier molecular flexibility index (Phi) is 7.21. The molecule has 0 saturated heterocycles. The van der Waals surface area contributed by atoms with Gasteiger partial charge in [0, 0.05) is 17.1 Å². The summed E-state index contributed by atoms with van der Waals surface area (Å²) < 4.78 is 0. The Balaban J connectivity index is 0. The normalized spacial score (nSPS) is 6.67. The van der Waals surface area contributed by atoms with Gasteiger partial charge in [-0.1, -0.05) is 6.07 Å². The van der Waals surface area contributed by atoms with Crippen molar-refractivity contribution < 1.29 is 22.5 Å². The number of benzene rings is 1. The van der Waals surface area contributed by atoms with Crippen molar-refractivity contribution in [3.63, 3.8) is 0 Å². The van der Waals surface area contributed by atoms with E-state index in [4.69, 9.17) is 0 Å². The summed E-state index contributed by atoms with van der Waals surface area (Å²) in [6.07, 6.45) is 0. The Labute approximate surface area is 65.9 Å². The summed E-state index contributed by atoms with van der Waals surface area (Å²) in [7, 11) is 0. The molecular weight excluding hydrogens is 156 g/mol. The summed E-state index contributed by atoms with van der Waals surface area (Å²) >= 11 is 0. The fraction of sp³-hybridized carbons (Fsp3) is 0. The van der Waals surface area contributed by atoms with Crippen LogP contribution in [0.3, 0.4) is 0 Å². The Morgan fingerprint density at radius 3 is 1.67 bits per heavy atom. The van der Waals surface area contributed by atoms with Gasteiger partial charge in [0.1, 0.15) is 0 Å². The summed E-state index contributed by atoms with van der Waals surface area (Å²) in [6.45, 7) is 3.72. The molecular formula is C7H9FeO-. The Morgan fingerprint density at radius 1 is 1.00 bits per heavy atom. The summed E-state index contributed by atoms with van der Waals surface area (Å²) in [5.41, 5.74) is 1.07. The molecule has 1 aromatic carbocycles. The van der Waals surface area contributed by atoms with E-state index < -0.39 is 0 Å². The van der Waals surface area contributed by atoms with Gasteiger partial charge in [0.2, 0.25) is 0 Å². The standard InChI is InChI=1S/C7H7.Fe.H2O/c1-7-5-3-2-4-6-7;;/h2-6H,1H2;;1H2/q-1;;. The molecule has 1 aromatic rings. The molecule has 2 N–H and O–H groups in total. The average molecular weight is 165 g/mol. The molecule has 0 spiro atoms. The van der Waals surface area contributed by atoms with Crippen molar-refractivity contribution in [2.45, 2.75) is 0 Å². The first kappa shape index (κ1) is 11.4. The second kappa shape index (κ2) is 5.70. The molecule has 0 aliphatic heterocycles. The van der Waals surface area contributed by atoms with Crippen molar-refractivity contribution in [2.75, 3.05) is 0 Å². The topological polar surface area (TPSA) is 31.5 Å². The van der Waals surface area contributed by atoms with Gasteiger partial charge in [-0.15, -0.1) is 12.1 Å². The molecule has 0 fully saturated rings. The largest absolute Gasteiger partial charge is 0.412 e. The second-order valence-electron chi connectivity index (χ2n) is 1.49. The summed E-state index contributed by atoms with van der Waals surface area (Å²) in [5, 5.41) is 0. The molecule has 0 aliphatic rings. The van der Waals surface area contributed by atoms with E-state index in [2.05, 4.69) is 6.92 Å². The van der Waals surface area contributed by atoms with Gasteiger partial charge in [-0.2, -0.15) is 24.6 Å². The van der Waals surface area contributed by atoms with Crippen LogP contribution in [0.15, 0.2) is 30.3 Å². The van der Waals surface area contributed by atoms with E-state index in [1.54, 1.807) is 0 Å². The van der Waals surface area contributed by atoms with Crippen molar-refractivity contribution in [3.8, 4) is 0 Å². The molecule has 52 valence electrons. The molecule has 0 aliphatic carbocycles. The van der Waals surface area contributed by atoms with Crippen molar-refractivity contribution in [1.29, 1.82) is 0 Å². The van der Waals surface area contributed by atoms with Gasteiger partial charge >= 0.3 is 0 Å². The fourth-order valence-corrected chi connectivity index (χ4v) is 0.478. The van der Waals surface area contributed by atoms with E-state index in [0.29, 0.717) is 0 Å². The van der Waals surface area contributed by atoms with Crippen LogP contribution >= 0.6 is 0 Å². The number of hydrogen-bond donors (Lipinski definition) is 0. The van der Waals surface area contributed by atoms with E-state index in [1.165, 1.54) is 0 Å². The molecule has 0 bridgehead atoms. The predicted octanol–water partition coefficient (Wildman–Crippen LogP) is 1.04. The van der Waals surface area contributed by atoms with Crippen molar-refractivity contribution in [2.24, 2.45) is 0 Å². The van der Waals surface area contributed by atoms with E-state index >= 15 is 0 Å². The van der Waals surface area contributed by atoms with E-state index in [0.717, 1.165) is 5.56 Å². The summed E-state index contributed by atoms with van der Waals surface area (Å²) in [6, 6.07) is 9.87. The molecule has 0 aromatic heterocycles. The molecule has 1 nitrogen and oxygen atoms in total. The molecule has 0 radical (unpaired) electrons. The van der Waals surface area contributed by atoms with Crippen LogP contribution in [0.5, 0.6) is 0 Å². The van der Waals surface area contributed by atoms with Gasteiger partial charge in [0.05, 0.1) is 0 Å².